The van der Waals surface area contributed by atoms with Crippen LogP contribution >= 0.6 is 0 Å². The molecule has 0 spiro atoms. The van der Waals surface area contributed by atoms with E-state index in [1.54, 1.807) is 39.1 Å². The van der Waals surface area contributed by atoms with Gasteiger partial charge in [0.15, 0.2) is 5.78 Å². The number of rotatable bonds is 4. The third-order valence-electron chi connectivity index (χ3n) is 3.70. The largest absolute Gasteiger partial charge is 0.460 e. The molecule has 0 aliphatic heterocycles. The molecule has 2 aromatic rings. The van der Waals surface area contributed by atoms with Crippen LogP contribution in [-0.2, 0) is 9.53 Å². The summed E-state index contributed by atoms with van der Waals surface area (Å²) in [6.07, 6.45) is 1.46. The van der Waals surface area contributed by atoms with Crippen molar-refractivity contribution in [1.29, 1.82) is 0 Å². The molecule has 0 fully saturated rings. The number of aromatic nitrogens is 1. The number of Topliss-reactive ketones (excluding diaryl/α,β-unsaturated/α-hetero) is 1. The maximum atomic E-state index is 12.6. The maximum absolute atomic E-state index is 12.6. The average Bonchev–Trinajstić information content (AvgIpc) is 2.48. The fraction of sp³-hybridized carbons (Fsp3) is 0.350. The van der Waals surface area contributed by atoms with Crippen LogP contribution < -0.4 is 0 Å². The summed E-state index contributed by atoms with van der Waals surface area (Å²) >= 11 is 0. The van der Waals surface area contributed by atoms with Crippen molar-refractivity contribution in [3.63, 3.8) is 0 Å². The van der Waals surface area contributed by atoms with Crippen molar-refractivity contribution < 1.29 is 14.3 Å². The molecule has 0 radical (unpaired) electrons. The quantitative estimate of drug-likeness (QED) is 0.478. The van der Waals surface area contributed by atoms with Crippen molar-refractivity contribution in [3.8, 4) is 11.1 Å². The van der Waals surface area contributed by atoms with Crippen LogP contribution in [0.3, 0.4) is 0 Å². The van der Waals surface area contributed by atoms with Crippen LogP contribution in [-0.4, -0.2) is 22.3 Å². The molecule has 0 saturated carbocycles. The lowest BCUT2D eigenvalue weighted by Crippen LogP contribution is -2.25. The summed E-state index contributed by atoms with van der Waals surface area (Å²) in [5.41, 5.74) is 3.63. The number of carbonyl (C=O) groups excluding carboxylic acids is 2. The molecule has 126 valence electrons. The molecule has 0 saturated heterocycles. The lowest BCUT2D eigenvalue weighted by molar-refractivity contribution is -0.153. The van der Waals surface area contributed by atoms with E-state index >= 15 is 0 Å². The fourth-order valence-corrected chi connectivity index (χ4v) is 2.50. The minimum Gasteiger partial charge on any atom is -0.460 e. The summed E-state index contributed by atoms with van der Waals surface area (Å²) in [5.74, 6) is -0.751. The second-order valence-corrected chi connectivity index (χ2v) is 6.80. The van der Waals surface area contributed by atoms with E-state index in [0.29, 0.717) is 5.56 Å². The van der Waals surface area contributed by atoms with Crippen molar-refractivity contribution in [2.24, 2.45) is 0 Å². The number of ketones is 1. The van der Waals surface area contributed by atoms with Crippen molar-refractivity contribution in [2.75, 3.05) is 0 Å². The summed E-state index contributed by atoms with van der Waals surface area (Å²) in [6.45, 7) is 9.27. The van der Waals surface area contributed by atoms with Crippen LogP contribution in [0.4, 0.5) is 0 Å². The Morgan fingerprint density at radius 2 is 1.71 bits per heavy atom. The molecule has 0 aliphatic carbocycles. The molecule has 1 aromatic carbocycles. The normalized spacial score (nSPS) is 11.2. The molecule has 1 heterocycles. The van der Waals surface area contributed by atoms with Gasteiger partial charge < -0.3 is 4.74 Å². The Hall–Kier alpha value is -2.49. The van der Waals surface area contributed by atoms with E-state index in [-0.39, 0.29) is 12.2 Å². The van der Waals surface area contributed by atoms with E-state index in [4.69, 9.17) is 4.74 Å². The van der Waals surface area contributed by atoms with Gasteiger partial charge in [0.2, 0.25) is 0 Å². The van der Waals surface area contributed by atoms with Crippen LogP contribution in [0, 0.1) is 13.8 Å². The Kier molecular flexibility index (Phi) is 5.17. The van der Waals surface area contributed by atoms with E-state index in [2.05, 4.69) is 4.98 Å². The first-order chi connectivity index (χ1) is 11.2. The zero-order valence-electron chi connectivity index (χ0n) is 14.8. The van der Waals surface area contributed by atoms with E-state index in [0.717, 1.165) is 22.4 Å². The molecule has 0 unspecified atom stereocenters. The number of carbonyl (C=O) groups is 2. The van der Waals surface area contributed by atoms with Gasteiger partial charge in [-0.15, -0.1) is 0 Å². The number of hydrogen-bond donors (Lipinski definition) is 0. The molecule has 24 heavy (non-hydrogen) atoms. The van der Waals surface area contributed by atoms with E-state index in [1.165, 1.54) is 0 Å². The van der Waals surface area contributed by atoms with Gasteiger partial charge in [0.25, 0.3) is 0 Å². The average molecular weight is 325 g/mol. The Morgan fingerprint density at radius 1 is 1.04 bits per heavy atom. The molecule has 0 atom stereocenters. The molecular weight excluding hydrogens is 302 g/mol. The second kappa shape index (κ2) is 6.95. The van der Waals surface area contributed by atoms with Gasteiger partial charge in [-0.25, -0.2) is 0 Å². The molecule has 2 rings (SSSR count). The topological polar surface area (TPSA) is 56.3 Å². The molecule has 4 heteroatoms. The van der Waals surface area contributed by atoms with Crippen LogP contribution in [0.15, 0.2) is 36.5 Å². The van der Waals surface area contributed by atoms with Gasteiger partial charge in [0, 0.05) is 17.5 Å². The number of pyridine rings is 1. The third-order valence-corrected chi connectivity index (χ3v) is 3.70. The molecule has 1 aromatic heterocycles. The van der Waals surface area contributed by atoms with E-state index in [1.807, 2.05) is 32.0 Å². The summed E-state index contributed by atoms with van der Waals surface area (Å²) in [5, 5.41) is 0. The van der Waals surface area contributed by atoms with Gasteiger partial charge >= 0.3 is 5.97 Å². The van der Waals surface area contributed by atoms with Gasteiger partial charge in [-0.1, -0.05) is 24.3 Å². The summed E-state index contributed by atoms with van der Waals surface area (Å²) in [7, 11) is 0. The Labute approximate surface area is 142 Å². The highest BCUT2D eigenvalue weighted by Crippen LogP contribution is 2.28. The zero-order chi connectivity index (χ0) is 17.9. The lowest BCUT2D eigenvalue weighted by atomic mass is 9.93. The number of benzene rings is 1. The standard InChI is InChI=1S/C20H23NO3/c1-13-14(2)21-11-10-15(13)16-8-6-7-9-17(16)18(22)12-19(23)24-20(3,4)5/h6-11H,12H2,1-5H3. The van der Waals surface area contributed by atoms with Gasteiger partial charge in [-0.05, 0) is 57.4 Å². The van der Waals surface area contributed by atoms with Gasteiger partial charge in [0.1, 0.15) is 12.0 Å². The maximum Gasteiger partial charge on any atom is 0.314 e. The SMILES string of the molecule is Cc1nccc(-c2ccccc2C(=O)CC(=O)OC(C)(C)C)c1C. The Morgan fingerprint density at radius 3 is 2.38 bits per heavy atom. The van der Waals surface area contributed by atoms with E-state index < -0.39 is 11.6 Å². The number of esters is 1. The zero-order valence-corrected chi connectivity index (χ0v) is 14.8. The highest BCUT2D eigenvalue weighted by atomic mass is 16.6. The number of ether oxygens (including phenoxy) is 1. The number of aryl methyl sites for hydroxylation is 1. The highest BCUT2D eigenvalue weighted by Gasteiger charge is 2.21. The summed E-state index contributed by atoms with van der Waals surface area (Å²) < 4.78 is 5.25. The molecule has 0 amide bonds. The summed E-state index contributed by atoms with van der Waals surface area (Å²) in [6, 6.07) is 9.22. The van der Waals surface area contributed by atoms with Crippen LogP contribution in [0.25, 0.3) is 11.1 Å². The molecule has 0 N–H and O–H groups in total. The fourth-order valence-electron chi connectivity index (χ4n) is 2.50. The van der Waals surface area contributed by atoms with Crippen LogP contribution in [0.2, 0.25) is 0 Å². The van der Waals surface area contributed by atoms with Crippen molar-refractivity contribution in [1.82, 2.24) is 4.98 Å². The molecule has 0 bridgehead atoms. The highest BCUT2D eigenvalue weighted by molar-refractivity contribution is 6.09. The number of nitrogens with zero attached hydrogens (tertiary/aromatic N) is 1. The lowest BCUT2D eigenvalue weighted by Gasteiger charge is -2.19. The predicted molar refractivity (Wildman–Crippen MR) is 93.9 cm³/mol. The monoisotopic (exact) mass is 325 g/mol. The van der Waals surface area contributed by atoms with Gasteiger partial charge in [-0.2, -0.15) is 0 Å². The minimum absolute atomic E-state index is 0.242. The van der Waals surface area contributed by atoms with Crippen LogP contribution in [0.1, 0.15) is 48.8 Å². The first-order valence-electron chi connectivity index (χ1n) is 7.95. The van der Waals surface area contributed by atoms with Gasteiger partial charge in [0.05, 0.1) is 0 Å². The first kappa shape index (κ1) is 17.9. The number of hydrogen-bond acceptors (Lipinski definition) is 4. The first-order valence-corrected chi connectivity index (χ1v) is 7.95. The second-order valence-electron chi connectivity index (χ2n) is 6.80. The van der Waals surface area contributed by atoms with Crippen molar-refractivity contribution in [2.45, 2.75) is 46.6 Å². The Bertz CT molecular complexity index is 773. The minimum atomic E-state index is -0.602. The Balaban J connectivity index is 2.34. The van der Waals surface area contributed by atoms with Crippen molar-refractivity contribution in [3.05, 3.63) is 53.3 Å². The van der Waals surface area contributed by atoms with Crippen LogP contribution in [0.5, 0.6) is 0 Å². The molecular formula is C20H23NO3. The van der Waals surface area contributed by atoms with Crippen molar-refractivity contribution >= 4 is 11.8 Å². The third kappa shape index (κ3) is 4.28. The predicted octanol–water partition coefficient (Wildman–Crippen LogP) is 4.28. The van der Waals surface area contributed by atoms with E-state index in [9.17, 15) is 9.59 Å². The summed E-state index contributed by atoms with van der Waals surface area (Å²) in [4.78, 5) is 28.8. The molecule has 4 nitrogen and oxygen atoms in total. The van der Waals surface area contributed by atoms with Gasteiger partial charge in [-0.3, -0.25) is 14.6 Å². The smallest absolute Gasteiger partial charge is 0.314 e. The molecule has 0 aliphatic rings.